The molecule has 0 aromatic carbocycles. The number of carbonyl (C=O) groups is 1. The normalized spacial score (nSPS) is 13.9. The second-order valence-corrected chi connectivity index (χ2v) is 7.01. The highest BCUT2D eigenvalue weighted by atomic mass is 16.1. The Kier molecular flexibility index (Phi) is 5.79. The average molecular weight is 248 g/mol. The van der Waals surface area contributed by atoms with Crippen molar-refractivity contribution in [2.45, 2.75) is 55.4 Å². The third-order valence-electron chi connectivity index (χ3n) is 2.89. The predicted octanol–water partition coefficient (Wildman–Crippen LogP) is 5.10. The largest absolute Gasteiger partial charge is 0.299 e. The van der Waals surface area contributed by atoms with Crippen LogP contribution in [0.5, 0.6) is 0 Å². The van der Waals surface area contributed by atoms with E-state index in [1.807, 2.05) is 0 Å². The molecule has 0 N–H and O–H groups in total. The van der Waals surface area contributed by atoms with Gasteiger partial charge in [-0.15, -0.1) is 0 Å². The Hall–Kier alpha value is -1.11. The fourth-order valence-electron chi connectivity index (χ4n) is 1.97. The van der Waals surface area contributed by atoms with Crippen LogP contribution in [-0.2, 0) is 4.79 Å². The minimum atomic E-state index is -0.0119. The van der Waals surface area contributed by atoms with Gasteiger partial charge in [-0.05, 0) is 41.9 Å². The van der Waals surface area contributed by atoms with Crippen molar-refractivity contribution in [3.05, 3.63) is 34.9 Å². The fourth-order valence-corrected chi connectivity index (χ4v) is 1.97. The molecule has 0 unspecified atom stereocenters. The van der Waals surface area contributed by atoms with E-state index in [0.717, 1.165) is 11.9 Å². The third-order valence-corrected chi connectivity index (χ3v) is 2.89. The molecule has 1 nitrogen and oxygen atoms in total. The molecule has 0 aromatic heterocycles. The van der Waals surface area contributed by atoms with Gasteiger partial charge in [0.1, 0.15) is 6.29 Å². The van der Waals surface area contributed by atoms with Gasteiger partial charge < -0.3 is 0 Å². The second-order valence-electron chi connectivity index (χ2n) is 7.01. The highest BCUT2D eigenvalue weighted by molar-refractivity contribution is 5.68. The molecule has 0 rings (SSSR count). The fraction of sp³-hybridized carbons (Fsp3) is 0.588. The van der Waals surface area contributed by atoms with Crippen molar-refractivity contribution >= 4 is 6.29 Å². The zero-order chi connectivity index (χ0) is 14.6. The van der Waals surface area contributed by atoms with Crippen LogP contribution in [0.2, 0.25) is 0 Å². The molecular weight excluding hydrogens is 220 g/mol. The Labute approximate surface area is 113 Å². The topological polar surface area (TPSA) is 17.1 Å². The molecule has 0 aliphatic heterocycles. The van der Waals surface area contributed by atoms with Gasteiger partial charge in [0.25, 0.3) is 0 Å². The zero-order valence-corrected chi connectivity index (χ0v) is 13.2. The number of carbonyl (C=O) groups excluding carboxylic acids is 1. The molecule has 0 radical (unpaired) electrons. The van der Waals surface area contributed by atoms with E-state index in [9.17, 15) is 4.79 Å². The van der Waals surface area contributed by atoms with E-state index in [0.29, 0.717) is 0 Å². The number of allylic oxidation sites excluding steroid dienone is 6. The monoisotopic (exact) mass is 248 g/mol. The summed E-state index contributed by atoms with van der Waals surface area (Å²) >= 11 is 0. The maximum Gasteiger partial charge on any atom is 0.143 e. The van der Waals surface area contributed by atoms with Crippen LogP contribution in [0.4, 0.5) is 0 Å². The summed E-state index contributed by atoms with van der Waals surface area (Å²) in [6.45, 7) is 17.2. The van der Waals surface area contributed by atoms with Crippen molar-refractivity contribution in [1.29, 1.82) is 0 Å². The minimum absolute atomic E-state index is 0.0119. The molecule has 0 atom stereocenters. The van der Waals surface area contributed by atoms with Gasteiger partial charge in [-0.1, -0.05) is 59.3 Å². The Bertz CT molecular complexity index is 375. The van der Waals surface area contributed by atoms with Crippen LogP contribution >= 0.6 is 0 Å². The molecule has 0 aliphatic carbocycles. The molecule has 0 heterocycles. The maximum atomic E-state index is 10.7. The molecule has 1 heteroatoms. The molecule has 0 saturated heterocycles. The zero-order valence-electron chi connectivity index (χ0n) is 13.2. The van der Waals surface area contributed by atoms with Gasteiger partial charge in [-0.3, -0.25) is 4.79 Å². The lowest BCUT2D eigenvalue weighted by Crippen LogP contribution is -2.11. The van der Waals surface area contributed by atoms with E-state index in [1.165, 1.54) is 11.1 Å². The van der Waals surface area contributed by atoms with E-state index in [-0.39, 0.29) is 10.8 Å². The van der Waals surface area contributed by atoms with Crippen molar-refractivity contribution in [2.24, 2.45) is 10.8 Å². The van der Waals surface area contributed by atoms with Gasteiger partial charge in [0.05, 0.1) is 0 Å². The lowest BCUT2D eigenvalue weighted by Gasteiger charge is -2.24. The lowest BCUT2D eigenvalue weighted by atomic mass is 9.81. The maximum absolute atomic E-state index is 10.7. The minimum Gasteiger partial charge on any atom is -0.299 e. The van der Waals surface area contributed by atoms with Gasteiger partial charge >= 0.3 is 0 Å². The first-order valence-electron chi connectivity index (χ1n) is 6.52. The highest BCUT2D eigenvalue weighted by Gasteiger charge is 2.18. The molecule has 102 valence electrons. The van der Waals surface area contributed by atoms with Gasteiger partial charge in [0.2, 0.25) is 0 Å². The number of hydrogen-bond donors (Lipinski definition) is 0. The Balaban J connectivity index is 5.42. The predicted molar refractivity (Wildman–Crippen MR) is 80.6 cm³/mol. The Morgan fingerprint density at radius 3 is 1.61 bits per heavy atom. The van der Waals surface area contributed by atoms with Gasteiger partial charge in [-0.2, -0.15) is 0 Å². The third kappa shape index (κ3) is 5.48. The molecule has 0 saturated carbocycles. The average Bonchev–Trinajstić information content (AvgIpc) is 2.12. The first kappa shape index (κ1) is 16.9. The summed E-state index contributed by atoms with van der Waals surface area (Å²) < 4.78 is 0. The SMILES string of the molecule is CC(C)=C(/C=C/C(=C/C=O)C(C)(C)C)C(C)(C)C. The summed E-state index contributed by atoms with van der Waals surface area (Å²) in [4.78, 5) is 10.7. The van der Waals surface area contributed by atoms with Crippen molar-refractivity contribution in [1.82, 2.24) is 0 Å². The van der Waals surface area contributed by atoms with E-state index >= 15 is 0 Å². The molecule has 0 amide bonds. The summed E-state index contributed by atoms with van der Waals surface area (Å²) in [5.41, 5.74) is 3.81. The number of rotatable bonds is 3. The molecule has 0 spiro atoms. The van der Waals surface area contributed by atoms with Gasteiger partial charge in [0.15, 0.2) is 0 Å². The summed E-state index contributed by atoms with van der Waals surface area (Å²) in [7, 11) is 0. The quantitative estimate of drug-likeness (QED) is 0.386. The number of aldehydes is 1. The van der Waals surface area contributed by atoms with E-state index in [4.69, 9.17) is 0 Å². The van der Waals surface area contributed by atoms with Crippen LogP contribution in [0.15, 0.2) is 34.9 Å². The first-order chi connectivity index (χ1) is 8.00. The molecule has 0 aliphatic rings. The molecular formula is C17H28O. The Morgan fingerprint density at radius 2 is 1.33 bits per heavy atom. The van der Waals surface area contributed by atoms with E-state index in [2.05, 4.69) is 67.5 Å². The molecule has 0 fully saturated rings. The lowest BCUT2D eigenvalue weighted by molar-refractivity contribution is -0.104. The summed E-state index contributed by atoms with van der Waals surface area (Å²) in [5.74, 6) is 0. The van der Waals surface area contributed by atoms with Crippen LogP contribution < -0.4 is 0 Å². The van der Waals surface area contributed by atoms with Crippen LogP contribution in [-0.4, -0.2) is 6.29 Å². The molecule has 0 bridgehead atoms. The Morgan fingerprint density at radius 1 is 0.833 bits per heavy atom. The van der Waals surface area contributed by atoms with E-state index < -0.39 is 0 Å². The van der Waals surface area contributed by atoms with Crippen LogP contribution in [0, 0.1) is 10.8 Å². The van der Waals surface area contributed by atoms with Crippen molar-refractivity contribution < 1.29 is 4.79 Å². The summed E-state index contributed by atoms with van der Waals surface area (Å²) in [6, 6.07) is 0. The second kappa shape index (κ2) is 6.17. The van der Waals surface area contributed by atoms with Crippen LogP contribution in [0.25, 0.3) is 0 Å². The van der Waals surface area contributed by atoms with E-state index in [1.54, 1.807) is 6.08 Å². The molecule has 0 aromatic rings. The smallest absolute Gasteiger partial charge is 0.143 e. The highest BCUT2D eigenvalue weighted by Crippen LogP contribution is 2.31. The van der Waals surface area contributed by atoms with Crippen LogP contribution in [0.1, 0.15) is 55.4 Å². The summed E-state index contributed by atoms with van der Waals surface area (Å²) in [6.07, 6.45) is 6.74. The summed E-state index contributed by atoms with van der Waals surface area (Å²) in [5, 5.41) is 0. The van der Waals surface area contributed by atoms with Crippen molar-refractivity contribution in [3.63, 3.8) is 0 Å². The molecule has 18 heavy (non-hydrogen) atoms. The van der Waals surface area contributed by atoms with Crippen molar-refractivity contribution in [2.75, 3.05) is 0 Å². The van der Waals surface area contributed by atoms with Crippen LogP contribution in [0.3, 0.4) is 0 Å². The van der Waals surface area contributed by atoms with Crippen molar-refractivity contribution in [3.8, 4) is 0 Å². The van der Waals surface area contributed by atoms with Gasteiger partial charge in [0, 0.05) is 0 Å². The van der Waals surface area contributed by atoms with Gasteiger partial charge in [-0.25, -0.2) is 0 Å². The standard InChI is InChI=1S/C17H28O/c1-13(2)15(17(6,7)8)10-9-14(11-12-18)16(3,4)5/h9-12H,1-8H3/b10-9+,14-11-. The first-order valence-corrected chi connectivity index (χ1v) is 6.52. The number of hydrogen-bond acceptors (Lipinski definition) is 1.